The summed E-state index contributed by atoms with van der Waals surface area (Å²) in [4.78, 5) is 0. The molecule has 0 aliphatic carbocycles. The molecule has 5 unspecified atom stereocenters. The molecule has 0 radical (unpaired) electrons. The average molecular weight is 239 g/mol. The monoisotopic (exact) mass is 239 g/mol. The first-order valence-corrected chi connectivity index (χ1v) is 7.38. The van der Waals surface area contributed by atoms with Crippen molar-refractivity contribution in [1.29, 1.82) is 0 Å². The Bertz CT molecular complexity index is 257. The van der Waals surface area contributed by atoms with Crippen LogP contribution in [0.3, 0.4) is 0 Å². The van der Waals surface area contributed by atoms with Gasteiger partial charge in [-0.2, -0.15) is 0 Å². The first kappa shape index (κ1) is 11.9. The van der Waals surface area contributed by atoms with E-state index in [2.05, 4.69) is 12.2 Å². The second kappa shape index (κ2) is 5.25. The van der Waals surface area contributed by atoms with E-state index in [9.17, 15) is 0 Å². The number of nitrogens with one attached hydrogen (secondary N) is 1. The zero-order chi connectivity index (χ0) is 11.7. The van der Waals surface area contributed by atoms with Gasteiger partial charge < -0.3 is 14.8 Å². The fraction of sp³-hybridized carbons (Fsp3) is 1.00. The van der Waals surface area contributed by atoms with E-state index in [1.54, 1.807) is 0 Å². The molecule has 5 atom stereocenters. The fourth-order valence-electron chi connectivity index (χ4n) is 3.67. The number of hydrogen-bond acceptors (Lipinski definition) is 3. The van der Waals surface area contributed by atoms with Crippen molar-refractivity contribution in [1.82, 2.24) is 5.32 Å². The lowest BCUT2D eigenvalue weighted by Gasteiger charge is -2.33. The zero-order valence-electron chi connectivity index (χ0n) is 10.9. The fourth-order valence-corrected chi connectivity index (χ4v) is 3.67. The largest absolute Gasteiger partial charge is 0.378 e. The molecule has 0 spiro atoms. The lowest BCUT2D eigenvalue weighted by Crippen LogP contribution is -2.47. The zero-order valence-corrected chi connectivity index (χ0v) is 10.9. The minimum Gasteiger partial charge on any atom is -0.378 e. The first-order valence-electron chi connectivity index (χ1n) is 7.38. The summed E-state index contributed by atoms with van der Waals surface area (Å²) in [6.07, 6.45) is 10.2. The summed E-state index contributed by atoms with van der Waals surface area (Å²) in [6.45, 7) is 3.17. The number of ether oxygens (including phenoxy) is 2. The van der Waals surface area contributed by atoms with Crippen LogP contribution in [0.15, 0.2) is 0 Å². The highest BCUT2D eigenvalue weighted by atomic mass is 16.5. The maximum Gasteiger partial charge on any atom is 0.0733 e. The van der Waals surface area contributed by atoms with Gasteiger partial charge in [-0.05, 0) is 38.5 Å². The molecule has 0 amide bonds. The predicted molar refractivity (Wildman–Crippen MR) is 67.1 cm³/mol. The van der Waals surface area contributed by atoms with Gasteiger partial charge in [-0.15, -0.1) is 0 Å². The summed E-state index contributed by atoms with van der Waals surface area (Å²) in [7, 11) is 0. The molecule has 0 aromatic carbocycles. The quantitative estimate of drug-likeness (QED) is 0.816. The van der Waals surface area contributed by atoms with Gasteiger partial charge in [0.15, 0.2) is 0 Å². The standard InChI is InChI=1S/C14H25NO2/c1-2-3-11-8-10(6-7-16-11)15-13-9-12-4-5-14(13)17-12/h10-15H,2-9H2,1H3. The van der Waals surface area contributed by atoms with Crippen molar-refractivity contribution in [2.75, 3.05) is 6.61 Å². The van der Waals surface area contributed by atoms with Gasteiger partial charge in [-0.3, -0.25) is 0 Å². The summed E-state index contributed by atoms with van der Waals surface area (Å²) < 4.78 is 11.7. The Morgan fingerprint density at radius 1 is 1.18 bits per heavy atom. The van der Waals surface area contributed by atoms with Crippen LogP contribution in [0.5, 0.6) is 0 Å². The smallest absolute Gasteiger partial charge is 0.0733 e. The van der Waals surface area contributed by atoms with E-state index in [1.165, 1.54) is 44.9 Å². The molecule has 3 heterocycles. The molecule has 17 heavy (non-hydrogen) atoms. The van der Waals surface area contributed by atoms with E-state index in [0.717, 1.165) is 6.61 Å². The minimum atomic E-state index is 0.491. The SMILES string of the molecule is CCCC1CC(NC2CC3CCC2O3)CCO1. The maximum atomic E-state index is 5.91. The molecule has 2 bridgehead atoms. The third kappa shape index (κ3) is 2.67. The molecule has 3 aliphatic heterocycles. The summed E-state index contributed by atoms with van der Waals surface area (Å²) in [6, 6.07) is 1.28. The van der Waals surface area contributed by atoms with Crippen molar-refractivity contribution in [3.8, 4) is 0 Å². The Morgan fingerprint density at radius 2 is 2.12 bits per heavy atom. The molecule has 1 N–H and O–H groups in total. The van der Waals surface area contributed by atoms with E-state index in [1.807, 2.05) is 0 Å². The Morgan fingerprint density at radius 3 is 2.82 bits per heavy atom. The third-order valence-corrected chi connectivity index (χ3v) is 4.53. The van der Waals surface area contributed by atoms with E-state index in [0.29, 0.717) is 30.4 Å². The molecule has 3 heteroatoms. The summed E-state index contributed by atoms with van der Waals surface area (Å²) in [5.74, 6) is 0. The van der Waals surface area contributed by atoms with E-state index < -0.39 is 0 Å². The number of fused-ring (bicyclic) bond motifs is 2. The topological polar surface area (TPSA) is 30.5 Å². The van der Waals surface area contributed by atoms with Gasteiger partial charge in [0.05, 0.1) is 18.3 Å². The van der Waals surface area contributed by atoms with Crippen LogP contribution in [-0.4, -0.2) is 37.0 Å². The molecule has 3 rings (SSSR count). The molecule has 3 aliphatic rings. The lowest BCUT2D eigenvalue weighted by molar-refractivity contribution is -0.00686. The molecule has 3 nitrogen and oxygen atoms in total. The van der Waals surface area contributed by atoms with Crippen molar-refractivity contribution in [2.45, 2.75) is 82.3 Å². The highest BCUT2D eigenvalue weighted by Crippen LogP contribution is 2.35. The van der Waals surface area contributed by atoms with Gasteiger partial charge >= 0.3 is 0 Å². The Balaban J connectivity index is 1.48. The van der Waals surface area contributed by atoms with E-state index in [4.69, 9.17) is 9.47 Å². The number of rotatable bonds is 4. The molecule has 98 valence electrons. The second-order valence-corrected chi connectivity index (χ2v) is 5.89. The van der Waals surface area contributed by atoms with Crippen LogP contribution in [0.25, 0.3) is 0 Å². The van der Waals surface area contributed by atoms with E-state index in [-0.39, 0.29) is 0 Å². The van der Waals surface area contributed by atoms with Crippen molar-refractivity contribution in [3.05, 3.63) is 0 Å². The summed E-state index contributed by atoms with van der Waals surface area (Å²) in [5, 5.41) is 3.83. The van der Waals surface area contributed by atoms with Crippen LogP contribution in [0.4, 0.5) is 0 Å². The lowest BCUT2D eigenvalue weighted by atomic mass is 9.92. The Kier molecular flexibility index (Phi) is 3.69. The maximum absolute atomic E-state index is 5.91. The van der Waals surface area contributed by atoms with Crippen molar-refractivity contribution < 1.29 is 9.47 Å². The van der Waals surface area contributed by atoms with Gasteiger partial charge in [0.1, 0.15) is 0 Å². The van der Waals surface area contributed by atoms with Crippen molar-refractivity contribution >= 4 is 0 Å². The predicted octanol–water partition coefficient (Wildman–Crippen LogP) is 2.24. The highest BCUT2D eigenvalue weighted by molar-refractivity contribution is 4.95. The van der Waals surface area contributed by atoms with Gasteiger partial charge in [0.25, 0.3) is 0 Å². The van der Waals surface area contributed by atoms with Crippen molar-refractivity contribution in [3.63, 3.8) is 0 Å². The van der Waals surface area contributed by atoms with Crippen LogP contribution in [0, 0.1) is 0 Å². The van der Waals surface area contributed by atoms with Crippen LogP contribution >= 0.6 is 0 Å². The van der Waals surface area contributed by atoms with Gasteiger partial charge in [-0.25, -0.2) is 0 Å². The minimum absolute atomic E-state index is 0.491. The van der Waals surface area contributed by atoms with Gasteiger partial charge in [0, 0.05) is 18.7 Å². The Hall–Kier alpha value is -0.120. The molecule has 0 aromatic rings. The average Bonchev–Trinajstić information content (AvgIpc) is 2.92. The van der Waals surface area contributed by atoms with Crippen LogP contribution in [-0.2, 0) is 9.47 Å². The summed E-state index contributed by atoms with van der Waals surface area (Å²) in [5.41, 5.74) is 0. The van der Waals surface area contributed by atoms with Crippen LogP contribution in [0.1, 0.15) is 51.9 Å². The summed E-state index contributed by atoms with van der Waals surface area (Å²) >= 11 is 0. The highest BCUT2D eigenvalue weighted by Gasteiger charge is 2.41. The van der Waals surface area contributed by atoms with E-state index >= 15 is 0 Å². The molecular weight excluding hydrogens is 214 g/mol. The van der Waals surface area contributed by atoms with Crippen molar-refractivity contribution in [2.24, 2.45) is 0 Å². The first-order chi connectivity index (χ1) is 8.35. The Labute approximate surface area is 104 Å². The molecule has 3 fully saturated rings. The van der Waals surface area contributed by atoms with Gasteiger partial charge in [0.2, 0.25) is 0 Å². The third-order valence-electron chi connectivity index (χ3n) is 4.53. The molecule has 0 saturated carbocycles. The molecular formula is C14H25NO2. The second-order valence-electron chi connectivity index (χ2n) is 5.89. The van der Waals surface area contributed by atoms with Crippen LogP contribution in [0.2, 0.25) is 0 Å². The number of hydrogen-bond donors (Lipinski definition) is 1. The van der Waals surface area contributed by atoms with Crippen LogP contribution < -0.4 is 5.32 Å². The molecule has 3 saturated heterocycles. The normalized spacial score (nSPS) is 45.4. The van der Waals surface area contributed by atoms with Gasteiger partial charge in [-0.1, -0.05) is 13.3 Å². The molecule has 0 aromatic heterocycles.